The molecule has 1 unspecified atom stereocenters. The van der Waals surface area contributed by atoms with Gasteiger partial charge in [0, 0.05) is 23.6 Å². The Labute approximate surface area is 175 Å². The summed E-state index contributed by atoms with van der Waals surface area (Å²) in [6, 6.07) is 12.6. The second-order valence-electron chi connectivity index (χ2n) is 6.79. The highest BCUT2D eigenvalue weighted by molar-refractivity contribution is 7.99. The van der Waals surface area contributed by atoms with E-state index in [1.807, 2.05) is 24.3 Å². The lowest BCUT2D eigenvalue weighted by molar-refractivity contribution is 0.373. The summed E-state index contributed by atoms with van der Waals surface area (Å²) in [4.78, 5) is 32.2. The second-order valence-corrected chi connectivity index (χ2v) is 8.03. The van der Waals surface area contributed by atoms with Crippen LogP contribution < -0.4 is 16.0 Å². The van der Waals surface area contributed by atoms with Crippen LogP contribution in [0.25, 0.3) is 0 Å². The predicted molar refractivity (Wildman–Crippen MR) is 114 cm³/mol. The van der Waals surface area contributed by atoms with Crippen LogP contribution in [0.4, 0.5) is 5.69 Å². The summed E-state index contributed by atoms with van der Waals surface area (Å²) < 4.78 is 6.21. The van der Waals surface area contributed by atoms with Gasteiger partial charge in [-0.1, -0.05) is 18.2 Å². The Bertz CT molecular complexity index is 1280. The van der Waals surface area contributed by atoms with E-state index >= 15 is 0 Å². The largest absolute Gasteiger partial charge is 0.504 e. The SMILES string of the molecule is COc1cc(C2CC(c3c(O)n(C)c(=O)[nH]c3=O)=Nc3ccccc3S2)ccc1O. The molecule has 0 amide bonds. The number of hydrogen-bond donors (Lipinski definition) is 3. The number of ether oxygens (including phenoxy) is 1. The number of para-hydroxylation sites is 1. The van der Waals surface area contributed by atoms with Gasteiger partial charge in [0.1, 0.15) is 5.56 Å². The van der Waals surface area contributed by atoms with E-state index in [0.29, 0.717) is 23.6 Å². The Morgan fingerprint density at radius 2 is 1.97 bits per heavy atom. The van der Waals surface area contributed by atoms with E-state index < -0.39 is 17.1 Å². The number of hydrogen-bond acceptors (Lipinski definition) is 7. The third-order valence-electron chi connectivity index (χ3n) is 4.93. The zero-order valence-electron chi connectivity index (χ0n) is 16.2. The number of aromatic hydroxyl groups is 2. The molecule has 2 aromatic carbocycles. The molecule has 0 saturated carbocycles. The van der Waals surface area contributed by atoms with Crippen molar-refractivity contribution in [2.75, 3.05) is 7.11 Å². The van der Waals surface area contributed by atoms with Crippen LogP contribution in [0.3, 0.4) is 0 Å². The van der Waals surface area contributed by atoms with Crippen molar-refractivity contribution in [3.05, 3.63) is 74.4 Å². The van der Waals surface area contributed by atoms with E-state index in [1.54, 1.807) is 30.0 Å². The van der Waals surface area contributed by atoms with Gasteiger partial charge in [-0.2, -0.15) is 0 Å². The number of thioether (sulfide) groups is 1. The average Bonchev–Trinajstić information content (AvgIpc) is 2.92. The normalized spacial score (nSPS) is 15.8. The Kier molecular flexibility index (Phi) is 5.13. The number of aromatic amines is 1. The van der Waals surface area contributed by atoms with Gasteiger partial charge in [0.05, 0.1) is 18.5 Å². The minimum Gasteiger partial charge on any atom is -0.504 e. The number of fused-ring (bicyclic) bond motifs is 1. The monoisotopic (exact) mass is 425 g/mol. The summed E-state index contributed by atoms with van der Waals surface area (Å²) in [5.74, 6) is -0.0675. The van der Waals surface area contributed by atoms with Crippen LogP contribution in [-0.2, 0) is 7.05 Å². The first-order chi connectivity index (χ1) is 14.4. The van der Waals surface area contributed by atoms with Crippen molar-refractivity contribution >= 4 is 23.2 Å². The minimum absolute atomic E-state index is 0.0290. The van der Waals surface area contributed by atoms with Crippen LogP contribution in [0.5, 0.6) is 17.4 Å². The van der Waals surface area contributed by atoms with Gasteiger partial charge in [-0.3, -0.25) is 19.3 Å². The van der Waals surface area contributed by atoms with E-state index in [9.17, 15) is 19.8 Å². The number of benzene rings is 2. The molecule has 1 aromatic heterocycles. The highest BCUT2D eigenvalue weighted by Crippen LogP contribution is 2.46. The van der Waals surface area contributed by atoms with Crippen molar-refractivity contribution in [1.29, 1.82) is 0 Å². The highest BCUT2D eigenvalue weighted by atomic mass is 32.2. The van der Waals surface area contributed by atoms with Crippen LogP contribution in [0, 0.1) is 0 Å². The summed E-state index contributed by atoms with van der Waals surface area (Å²) in [5.41, 5.74) is 0.452. The van der Waals surface area contributed by atoms with Crippen LogP contribution in [0.1, 0.15) is 22.8 Å². The van der Waals surface area contributed by atoms with Gasteiger partial charge in [-0.25, -0.2) is 4.79 Å². The molecule has 154 valence electrons. The Balaban J connectivity index is 1.90. The number of nitrogens with one attached hydrogen (secondary N) is 1. The van der Waals surface area contributed by atoms with Crippen LogP contribution >= 0.6 is 11.8 Å². The summed E-state index contributed by atoms with van der Waals surface area (Å²) in [7, 11) is 2.85. The maximum atomic E-state index is 12.6. The van der Waals surface area contributed by atoms with Gasteiger partial charge in [0.15, 0.2) is 11.5 Å². The molecule has 3 N–H and O–H groups in total. The molecular formula is C21H19N3O5S. The second kappa shape index (κ2) is 7.75. The van der Waals surface area contributed by atoms with Gasteiger partial charge in [0.2, 0.25) is 5.88 Å². The maximum absolute atomic E-state index is 12.6. The molecule has 3 aromatic rings. The molecule has 0 fully saturated rings. The fraction of sp³-hybridized carbons (Fsp3) is 0.190. The topological polar surface area (TPSA) is 117 Å². The van der Waals surface area contributed by atoms with Crippen molar-refractivity contribution < 1.29 is 14.9 Å². The molecule has 0 saturated heterocycles. The predicted octanol–water partition coefficient (Wildman–Crippen LogP) is 2.85. The first-order valence-electron chi connectivity index (χ1n) is 9.12. The van der Waals surface area contributed by atoms with Gasteiger partial charge < -0.3 is 14.9 Å². The molecule has 1 aliphatic heterocycles. The Morgan fingerprint density at radius 1 is 1.20 bits per heavy atom. The maximum Gasteiger partial charge on any atom is 0.330 e. The van der Waals surface area contributed by atoms with Crippen LogP contribution in [-0.4, -0.2) is 32.6 Å². The van der Waals surface area contributed by atoms with E-state index in [2.05, 4.69) is 9.98 Å². The molecule has 8 nitrogen and oxygen atoms in total. The number of phenols is 1. The zero-order valence-corrected chi connectivity index (χ0v) is 17.1. The van der Waals surface area contributed by atoms with E-state index in [1.165, 1.54) is 14.2 Å². The molecule has 4 rings (SSSR count). The highest BCUT2D eigenvalue weighted by Gasteiger charge is 2.27. The molecule has 0 spiro atoms. The molecule has 0 aliphatic carbocycles. The van der Waals surface area contributed by atoms with Crippen molar-refractivity contribution in [2.45, 2.75) is 16.6 Å². The summed E-state index contributed by atoms with van der Waals surface area (Å²) in [6.45, 7) is 0. The van der Waals surface area contributed by atoms with E-state index in [4.69, 9.17) is 4.74 Å². The molecule has 2 heterocycles. The summed E-state index contributed by atoms with van der Waals surface area (Å²) in [5, 5.41) is 20.3. The van der Waals surface area contributed by atoms with Gasteiger partial charge in [0.25, 0.3) is 5.56 Å². The van der Waals surface area contributed by atoms with Crippen molar-refractivity contribution in [3.8, 4) is 17.4 Å². The summed E-state index contributed by atoms with van der Waals surface area (Å²) >= 11 is 1.56. The molecule has 0 radical (unpaired) electrons. The zero-order chi connectivity index (χ0) is 21.4. The number of aromatic nitrogens is 2. The quantitative estimate of drug-likeness (QED) is 0.594. The first kappa shape index (κ1) is 19.8. The van der Waals surface area contributed by atoms with Gasteiger partial charge in [-0.15, -0.1) is 11.8 Å². The lowest BCUT2D eigenvalue weighted by Gasteiger charge is -2.17. The number of H-pyrrole nitrogens is 1. The van der Waals surface area contributed by atoms with Gasteiger partial charge >= 0.3 is 5.69 Å². The molecular weight excluding hydrogens is 406 g/mol. The third kappa shape index (κ3) is 3.48. The number of rotatable bonds is 3. The average molecular weight is 425 g/mol. The van der Waals surface area contributed by atoms with Gasteiger partial charge in [-0.05, 0) is 29.8 Å². The molecule has 1 aliphatic rings. The fourth-order valence-corrected chi connectivity index (χ4v) is 4.54. The summed E-state index contributed by atoms with van der Waals surface area (Å²) in [6.07, 6.45) is 0.308. The Morgan fingerprint density at radius 3 is 2.73 bits per heavy atom. The van der Waals surface area contributed by atoms with Crippen molar-refractivity contribution in [1.82, 2.24) is 9.55 Å². The minimum atomic E-state index is -0.704. The molecule has 30 heavy (non-hydrogen) atoms. The smallest absolute Gasteiger partial charge is 0.330 e. The third-order valence-corrected chi connectivity index (χ3v) is 6.25. The number of phenolic OH excluding ortho intramolecular Hbond substituents is 1. The fourth-order valence-electron chi connectivity index (χ4n) is 3.32. The lowest BCUT2D eigenvalue weighted by Crippen LogP contribution is -2.32. The number of aliphatic imine (C=N–C) groups is 1. The first-order valence-corrected chi connectivity index (χ1v) is 9.99. The molecule has 0 bridgehead atoms. The number of nitrogens with zero attached hydrogens (tertiary/aromatic N) is 2. The van der Waals surface area contributed by atoms with Crippen LogP contribution in [0.2, 0.25) is 0 Å². The van der Waals surface area contributed by atoms with E-state index in [0.717, 1.165) is 15.0 Å². The lowest BCUT2D eigenvalue weighted by atomic mass is 10.0. The van der Waals surface area contributed by atoms with E-state index in [-0.39, 0.29) is 16.6 Å². The van der Waals surface area contributed by atoms with Crippen molar-refractivity contribution in [2.24, 2.45) is 12.0 Å². The molecule has 1 atom stereocenters. The standard InChI is InChI=1S/C21H19N3O5S/c1-24-20(27)18(19(26)23-21(24)28)13-10-17(11-7-8-14(25)15(9-11)29-2)30-16-6-4-3-5-12(16)22-13/h3-9,17,25,27H,10H2,1-2H3,(H,23,26,28). The molecule has 9 heteroatoms. The van der Waals surface area contributed by atoms with Crippen molar-refractivity contribution in [3.63, 3.8) is 0 Å². The van der Waals surface area contributed by atoms with Crippen LogP contribution in [0.15, 0.2) is 61.9 Å². The number of methoxy groups -OCH3 is 1. The Hall–Kier alpha value is -3.46.